The molecule has 2 aliphatic rings. The standard InChI is InChI=1S/C23H31FN4O3/c1-14-6-7-19(24)18-11-20(26-22(14)18)23(31)25-15-4-3-5-16(10-15)28-9-8-17(12-28)27(2)21(30)13-29/h6-7,11,15-17,26,29H,3-5,8-10,12-13H2,1-2H3,(H,25,31)/t15-,16-,17-/m1/s1. The lowest BCUT2D eigenvalue weighted by Crippen LogP contribution is -2.47. The van der Waals surface area contributed by atoms with Gasteiger partial charge in [0.15, 0.2) is 0 Å². The molecule has 2 amide bonds. The van der Waals surface area contributed by atoms with Gasteiger partial charge in [0.25, 0.3) is 5.91 Å². The van der Waals surface area contributed by atoms with Crippen LogP contribution in [-0.2, 0) is 4.79 Å². The Bertz CT molecular complexity index is 936. The van der Waals surface area contributed by atoms with Gasteiger partial charge in [0.1, 0.15) is 18.1 Å². The Kier molecular flexibility index (Phi) is 6.29. The fourth-order valence-corrected chi connectivity index (χ4v) is 5.07. The maximum absolute atomic E-state index is 14.1. The molecular formula is C23H31FN4O3. The minimum atomic E-state index is -0.457. The number of fused-ring (bicyclic) bond motifs is 1. The first kappa shape index (κ1) is 21.8. The first-order valence-electron chi connectivity index (χ1n) is 11.1. The SMILES string of the molecule is Cc1ccc(F)c2cc(C(=O)N[C@@H]3CCC[C@@H](N4CC[C@@H](N(C)C(=O)CO)C4)C3)[nH]c12. The lowest BCUT2D eigenvalue weighted by molar-refractivity contribution is -0.134. The molecule has 1 aliphatic carbocycles. The fourth-order valence-electron chi connectivity index (χ4n) is 5.07. The third kappa shape index (κ3) is 4.45. The lowest BCUT2D eigenvalue weighted by Gasteiger charge is -2.36. The number of likely N-dealkylation sites (tertiary alicyclic amines) is 1. The molecule has 1 saturated heterocycles. The van der Waals surface area contributed by atoms with Gasteiger partial charge in [0.05, 0.1) is 5.52 Å². The van der Waals surface area contributed by atoms with E-state index in [0.29, 0.717) is 22.6 Å². The monoisotopic (exact) mass is 430 g/mol. The molecule has 8 heteroatoms. The van der Waals surface area contributed by atoms with Crippen LogP contribution in [0.1, 0.15) is 48.2 Å². The van der Waals surface area contributed by atoms with E-state index in [9.17, 15) is 14.0 Å². The minimum absolute atomic E-state index is 0.0689. The molecule has 1 saturated carbocycles. The van der Waals surface area contributed by atoms with Gasteiger partial charge in [-0.3, -0.25) is 14.5 Å². The molecule has 168 valence electrons. The number of amides is 2. The van der Waals surface area contributed by atoms with Crippen LogP contribution in [0.3, 0.4) is 0 Å². The van der Waals surface area contributed by atoms with Gasteiger partial charge in [-0.05, 0) is 56.7 Å². The van der Waals surface area contributed by atoms with E-state index in [-0.39, 0.29) is 29.7 Å². The maximum atomic E-state index is 14.1. The Labute approximate surface area is 181 Å². The zero-order chi connectivity index (χ0) is 22.1. The molecule has 4 rings (SSSR count). The summed E-state index contributed by atoms with van der Waals surface area (Å²) in [7, 11) is 1.75. The summed E-state index contributed by atoms with van der Waals surface area (Å²) in [5, 5.41) is 12.7. The number of likely N-dealkylation sites (N-methyl/N-ethyl adjacent to an activating group) is 1. The van der Waals surface area contributed by atoms with Gasteiger partial charge < -0.3 is 20.3 Å². The van der Waals surface area contributed by atoms with Crippen LogP contribution in [0.25, 0.3) is 10.9 Å². The van der Waals surface area contributed by atoms with E-state index in [1.807, 2.05) is 6.92 Å². The maximum Gasteiger partial charge on any atom is 0.267 e. The number of nitrogens with zero attached hydrogens (tertiary/aromatic N) is 2. The van der Waals surface area contributed by atoms with E-state index >= 15 is 0 Å². The van der Waals surface area contributed by atoms with Gasteiger partial charge in [-0.25, -0.2) is 4.39 Å². The molecule has 7 nitrogen and oxygen atoms in total. The summed E-state index contributed by atoms with van der Waals surface area (Å²) in [6, 6.07) is 5.28. The zero-order valence-corrected chi connectivity index (χ0v) is 18.2. The van der Waals surface area contributed by atoms with Crippen LogP contribution in [0.15, 0.2) is 18.2 Å². The minimum Gasteiger partial charge on any atom is -0.387 e. The second-order valence-electron chi connectivity index (χ2n) is 8.93. The molecule has 2 fully saturated rings. The van der Waals surface area contributed by atoms with Crippen molar-refractivity contribution < 1.29 is 19.1 Å². The normalized spacial score (nSPS) is 24.5. The van der Waals surface area contributed by atoms with Crippen LogP contribution in [-0.4, -0.2) is 76.6 Å². The molecule has 31 heavy (non-hydrogen) atoms. The molecule has 3 N–H and O–H groups in total. The number of hydrogen-bond donors (Lipinski definition) is 3. The molecule has 0 bridgehead atoms. The number of nitrogens with one attached hydrogen (secondary N) is 2. The van der Waals surface area contributed by atoms with Crippen LogP contribution in [0.2, 0.25) is 0 Å². The van der Waals surface area contributed by atoms with Crippen LogP contribution in [0, 0.1) is 12.7 Å². The molecule has 0 unspecified atom stereocenters. The van der Waals surface area contributed by atoms with Gasteiger partial charge in [0.2, 0.25) is 5.91 Å². The summed E-state index contributed by atoms with van der Waals surface area (Å²) in [6.07, 6.45) is 4.80. The molecule has 1 aromatic heterocycles. The number of aliphatic hydroxyl groups is 1. The Morgan fingerprint density at radius 1 is 1.32 bits per heavy atom. The van der Waals surface area contributed by atoms with E-state index in [1.165, 1.54) is 6.07 Å². The van der Waals surface area contributed by atoms with Crippen LogP contribution < -0.4 is 5.32 Å². The van der Waals surface area contributed by atoms with Crippen molar-refractivity contribution in [1.29, 1.82) is 0 Å². The van der Waals surface area contributed by atoms with Crippen molar-refractivity contribution >= 4 is 22.7 Å². The Balaban J connectivity index is 1.37. The molecule has 1 aromatic carbocycles. The fraction of sp³-hybridized carbons (Fsp3) is 0.565. The van der Waals surface area contributed by atoms with Crippen LogP contribution in [0.4, 0.5) is 4.39 Å². The molecule has 2 aromatic rings. The number of carbonyl (C=O) groups is 2. The Morgan fingerprint density at radius 3 is 2.87 bits per heavy atom. The van der Waals surface area contributed by atoms with Crippen molar-refractivity contribution in [3.05, 3.63) is 35.3 Å². The number of aliphatic hydroxyl groups excluding tert-OH is 1. The molecule has 0 spiro atoms. The second kappa shape index (κ2) is 8.96. The molecule has 3 atom stereocenters. The number of hydrogen-bond acceptors (Lipinski definition) is 4. The number of rotatable bonds is 5. The van der Waals surface area contributed by atoms with Crippen molar-refractivity contribution in [3.63, 3.8) is 0 Å². The third-order valence-electron chi connectivity index (χ3n) is 6.96. The van der Waals surface area contributed by atoms with E-state index < -0.39 is 6.61 Å². The largest absolute Gasteiger partial charge is 0.387 e. The van der Waals surface area contributed by atoms with Gasteiger partial charge in [-0.15, -0.1) is 0 Å². The first-order valence-corrected chi connectivity index (χ1v) is 11.1. The Hall–Kier alpha value is -2.45. The predicted molar refractivity (Wildman–Crippen MR) is 116 cm³/mol. The number of aryl methyl sites for hydroxylation is 1. The highest BCUT2D eigenvalue weighted by atomic mass is 19.1. The smallest absolute Gasteiger partial charge is 0.267 e. The number of halogens is 1. The lowest BCUT2D eigenvalue weighted by atomic mass is 9.90. The van der Waals surface area contributed by atoms with E-state index in [4.69, 9.17) is 5.11 Å². The highest BCUT2D eigenvalue weighted by Crippen LogP contribution is 2.28. The predicted octanol–water partition coefficient (Wildman–Crippen LogP) is 2.18. The van der Waals surface area contributed by atoms with Gasteiger partial charge >= 0.3 is 0 Å². The van der Waals surface area contributed by atoms with Crippen molar-refractivity contribution in [2.24, 2.45) is 0 Å². The number of aromatic amines is 1. The second-order valence-corrected chi connectivity index (χ2v) is 8.93. The van der Waals surface area contributed by atoms with Gasteiger partial charge in [-0.1, -0.05) is 6.07 Å². The van der Waals surface area contributed by atoms with Crippen molar-refractivity contribution in [2.45, 2.75) is 57.2 Å². The summed E-state index contributed by atoms with van der Waals surface area (Å²) < 4.78 is 14.1. The van der Waals surface area contributed by atoms with E-state index in [2.05, 4.69) is 15.2 Å². The molecule has 2 heterocycles. The van der Waals surface area contributed by atoms with E-state index in [1.54, 1.807) is 24.1 Å². The van der Waals surface area contributed by atoms with Crippen molar-refractivity contribution in [2.75, 3.05) is 26.7 Å². The van der Waals surface area contributed by atoms with Crippen LogP contribution in [0.5, 0.6) is 0 Å². The highest BCUT2D eigenvalue weighted by Gasteiger charge is 2.34. The number of H-pyrrole nitrogens is 1. The van der Waals surface area contributed by atoms with E-state index in [0.717, 1.165) is 50.8 Å². The summed E-state index contributed by atoms with van der Waals surface area (Å²) in [5.74, 6) is -0.777. The molecule has 0 radical (unpaired) electrons. The summed E-state index contributed by atoms with van der Waals surface area (Å²) in [5.41, 5.74) is 1.95. The third-order valence-corrected chi connectivity index (χ3v) is 6.96. The Morgan fingerprint density at radius 2 is 2.13 bits per heavy atom. The van der Waals surface area contributed by atoms with Crippen molar-refractivity contribution in [1.82, 2.24) is 20.1 Å². The molecular weight excluding hydrogens is 399 g/mol. The molecule has 1 aliphatic heterocycles. The summed E-state index contributed by atoms with van der Waals surface area (Å²) >= 11 is 0. The quantitative estimate of drug-likeness (QED) is 0.679. The van der Waals surface area contributed by atoms with Crippen LogP contribution >= 0.6 is 0 Å². The highest BCUT2D eigenvalue weighted by molar-refractivity contribution is 5.99. The summed E-state index contributed by atoms with van der Waals surface area (Å²) in [6.45, 7) is 3.15. The number of carbonyl (C=O) groups excluding carboxylic acids is 2. The van der Waals surface area contributed by atoms with Gasteiger partial charge in [0, 0.05) is 43.6 Å². The average Bonchev–Trinajstić information content (AvgIpc) is 3.44. The zero-order valence-electron chi connectivity index (χ0n) is 18.2. The summed E-state index contributed by atoms with van der Waals surface area (Å²) in [4.78, 5) is 31.8. The topological polar surface area (TPSA) is 88.7 Å². The van der Waals surface area contributed by atoms with Crippen molar-refractivity contribution in [3.8, 4) is 0 Å². The average molecular weight is 431 g/mol. The van der Waals surface area contributed by atoms with Gasteiger partial charge in [-0.2, -0.15) is 0 Å². The first-order chi connectivity index (χ1) is 14.9. The number of aromatic nitrogens is 1. The number of benzene rings is 1.